The van der Waals surface area contributed by atoms with E-state index < -0.39 is 5.82 Å². The van der Waals surface area contributed by atoms with E-state index in [1.165, 1.54) is 18.2 Å². The number of nitrogens with two attached hydrogens (primary N) is 1. The van der Waals surface area contributed by atoms with Gasteiger partial charge >= 0.3 is 0 Å². The minimum atomic E-state index is -0.422. The van der Waals surface area contributed by atoms with Gasteiger partial charge in [-0.2, -0.15) is 0 Å². The summed E-state index contributed by atoms with van der Waals surface area (Å²) < 4.78 is 13.0. The van der Waals surface area contributed by atoms with Gasteiger partial charge in [0.05, 0.1) is 5.56 Å². The SMILES string of the molecule is CC1CN(C(=O)c2ccc(F)cc2N)CC(C)N1C. The molecule has 4 nitrogen and oxygen atoms in total. The van der Waals surface area contributed by atoms with Gasteiger partial charge in [-0.05, 0) is 39.1 Å². The van der Waals surface area contributed by atoms with E-state index in [9.17, 15) is 9.18 Å². The number of hydrogen-bond acceptors (Lipinski definition) is 3. The van der Waals surface area contributed by atoms with E-state index in [1.54, 1.807) is 4.90 Å². The smallest absolute Gasteiger partial charge is 0.256 e. The van der Waals surface area contributed by atoms with Gasteiger partial charge in [-0.3, -0.25) is 9.69 Å². The first-order valence-corrected chi connectivity index (χ1v) is 6.46. The molecule has 2 N–H and O–H groups in total. The van der Waals surface area contributed by atoms with Crippen LogP contribution in [-0.2, 0) is 0 Å². The first kappa shape index (κ1) is 13.8. The Kier molecular flexibility index (Phi) is 3.75. The van der Waals surface area contributed by atoms with Gasteiger partial charge in [-0.25, -0.2) is 4.39 Å². The van der Waals surface area contributed by atoms with Crippen molar-refractivity contribution in [1.82, 2.24) is 9.80 Å². The molecule has 5 heteroatoms. The molecule has 19 heavy (non-hydrogen) atoms. The first-order valence-electron chi connectivity index (χ1n) is 6.46. The second-order valence-electron chi connectivity index (χ2n) is 5.31. The summed E-state index contributed by atoms with van der Waals surface area (Å²) in [6.45, 7) is 5.50. The number of halogens is 1. The Morgan fingerprint density at radius 1 is 1.32 bits per heavy atom. The molecule has 0 aromatic heterocycles. The molecule has 0 radical (unpaired) electrons. The molecule has 1 amide bonds. The van der Waals surface area contributed by atoms with Gasteiger partial charge < -0.3 is 10.6 Å². The van der Waals surface area contributed by atoms with Gasteiger partial charge in [0, 0.05) is 30.9 Å². The van der Waals surface area contributed by atoms with E-state index >= 15 is 0 Å². The van der Waals surface area contributed by atoms with E-state index in [1.807, 2.05) is 0 Å². The van der Waals surface area contributed by atoms with Gasteiger partial charge in [-0.1, -0.05) is 0 Å². The molecule has 2 rings (SSSR count). The molecule has 0 aliphatic carbocycles. The fourth-order valence-corrected chi connectivity index (χ4v) is 2.47. The van der Waals surface area contributed by atoms with E-state index in [0.717, 1.165) is 0 Å². The number of piperazine rings is 1. The summed E-state index contributed by atoms with van der Waals surface area (Å²) in [6.07, 6.45) is 0. The van der Waals surface area contributed by atoms with Crippen LogP contribution in [0.5, 0.6) is 0 Å². The molecule has 1 aliphatic heterocycles. The zero-order valence-corrected chi connectivity index (χ0v) is 11.6. The maximum Gasteiger partial charge on any atom is 0.256 e. The van der Waals surface area contributed by atoms with Crippen LogP contribution in [0.1, 0.15) is 24.2 Å². The maximum absolute atomic E-state index is 13.0. The van der Waals surface area contributed by atoms with Gasteiger partial charge in [0.25, 0.3) is 5.91 Å². The summed E-state index contributed by atoms with van der Waals surface area (Å²) in [6, 6.07) is 4.52. The third-order valence-corrected chi connectivity index (χ3v) is 3.89. The van der Waals surface area contributed by atoms with Crippen LogP contribution in [0.15, 0.2) is 18.2 Å². The highest BCUT2D eigenvalue weighted by atomic mass is 19.1. The molecule has 1 saturated heterocycles. The van der Waals surface area contributed by atoms with E-state index in [4.69, 9.17) is 5.73 Å². The molecule has 1 heterocycles. The standard InChI is InChI=1S/C14H20FN3O/c1-9-7-18(8-10(2)17(9)3)14(19)12-5-4-11(15)6-13(12)16/h4-6,9-10H,7-8,16H2,1-3H3. The Morgan fingerprint density at radius 3 is 2.42 bits per heavy atom. The summed E-state index contributed by atoms with van der Waals surface area (Å²) in [5.41, 5.74) is 6.31. The predicted molar refractivity (Wildman–Crippen MR) is 73.4 cm³/mol. The Balaban J connectivity index is 2.20. The summed E-state index contributed by atoms with van der Waals surface area (Å²) in [5.74, 6) is -0.543. The van der Waals surface area contributed by atoms with Crippen molar-refractivity contribution in [3.8, 4) is 0 Å². The van der Waals surface area contributed by atoms with Crippen molar-refractivity contribution in [2.24, 2.45) is 0 Å². The fraction of sp³-hybridized carbons (Fsp3) is 0.500. The van der Waals surface area contributed by atoms with Crippen molar-refractivity contribution >= 4 is 11.6 Å². The number of anilines is 1. The highest BCUT2D eigenvalue weighted by molar-refractivity contribution is 5.99. The molecule has 1 aromatic carbocycles. The second-order valence-corrected chi connectivity index (χ2v) is 5.31. The second kappa shape index (κ2) is 5.17. The number of carbonyl (C=O) groups is 1. The number of rotatable bonds is 1. The van der Waals surface area contributed by atoms with Crippen LogP contribution in [0.2, 0.25) is 0 Å². The van der Waals surface area contributed by atoms with E-state index in [-0.39, 0.29) is 11.6 Å². The zero-order valence-electron chi connectivity index (χ0n) is 11.6. The molecular weight excluding hydrogens is 245 g/mol. The number of nitrogens with zero attached hydrogens (tertiary/aromatic N) is 2. The predicted octanol–water partition coefficient (Wildman–Crippen LogP) is 1.57. The van der Waals surface area contributed by atoms with Crippen molar-refractivity contribution in [3.63, 3.8) is 0 Å². The summed E-state index contributed by atoms with van der Waals surface area (Å²) in [7, 11) is 2.06. The van der Waals surface area contributed by atoms with Crippen molar-refractivity contribution < 1.29 is 9.18 Å². The van der Waals surface area contributed by atoms with Crippen LogP contribution in [0.3, 0.4) is 0 Å². The average Bonchev–Trinajstić information content (AvgIpc) is 2.34. The third kappa shape index (κ3) is 2.71. The van der Waals surface area contributed by atoms with Crippen LogP contribution in [0, 0.1) is 5.82 Å². The van der Waals surface area contributed by atoms with Crippen LogP contribution >= 0.6 is 0 Å². The quantitative estimate of drug-likeness (QED) is 0.784. The van der Waals surface area contributed by atoms with Crippen molar-refractivity contribution in [2.45, 2.75) is 25.9 Å². The lowest BCUT2D eigenvalue weighted by atomic mass is 10.1. The van der Waals surface area contributed by atoms with Crippen molar-refractivity contribution in [2.75, 3.05) is 25.9 Å². The Bertz CT molecular complexity index is 480. The molecule has 1 fully saturated rings. The summed E-state index contributed by atoms with van der Waals surface area (Å²) >= 11 is 0. The van der Waals surface area contributed by atoms with Crippen LogP contribution in [0.4, 0.5) is 10.1 Å². The molecule has 0 saturated carbocycles. The molecule has 1 aromatic rings. The summed E-state index contributed by atoms with van der Waals surface area (Å²) in [4.78, 5) is 16.5. The van der Waals surface area contributed by atoms with Gasteiger partial charge in [0.2, 0.25) is 0 Å². The number of likely N-dealkylation sites (N-methyl/N-ethyl adjacent to an activating group) is 1. The Labute approximate surface area is 113 Å². The van der Waals surface area contributed by atoms with Crippen molar-refractivity contribution in [3.05, 3.63) is 29.6 Å². The highest BCUT2D eigenvalue weighted by Crippen LogP contribution is 2.20. The molecule has 104 valence electrons. The number of hydrogen-bond donors (Lipinski definition) is 1. The monoisotopic (exact) mass is 265 g/mol. The summed E-state index contributed by atoms with van der Waals surface area (Å²) in [5, 5.41) is 0. The Morgan fingerprint density at radius 2 is 1.89 bits per heavy atom. The van der Waals surface area contributed by atoms with Crippen molar-refractivity contribution in [1.29, 1.82) is 0 Å². The fourth-order valence-electron chi connectivity index (χ4n) is 2.47. The third-order valence-electron chi connectivity index (χ3n) is 3.89. The normalized spacial score (nSPS) is 24.5. The average molecular weight is 265 g/mol. The van der Waals surface area contributed by atoms with Crippen LogP contribution in [-0.4, -0.2) is 47.9 Å². The van der Waals surface area contributed by atoms with Gasteiger partial charge in [0.15, 0.2) is 0 Å². The largest absolute Gasteiger partial charge is 0.398 e. The van der Waals surface area contributed by atoms with Crippen LogP contribution < -0.4 is 5.73 Å². The molecule has 2 atom stereocenters. The zero-order chi connectivity index (χ0) is 14.2. The lowest BCUT2D eigenvalue weighted by Crippen LogP contribution is -2.56. The first-order chi connectivity index (χ1) is 8.90. The molecular formula is C14H20FN3O. The topological polar surface area (TPSA) is 49.6 Å². The number of benzene rings is 1. The molecule has 2 unspecified atom stereocenters. The van der Waals surface area contributed by atoms with Gasteiger partial charge in [-0.15, -0.1) is 0 Å². The molecule has 0 bridgehead atoms. The number of nitrogen functional groups attached to an aromatic ring is 1. The number of amides is 1. The number of carbonyl (C=O) groups excluding carboxylic acids is 1. The van der Waals surface area contributed by atoms with E-state index in [2.05, 4.69) is 25.8 Å². The minimum absolute atomic E-state index is 0.121. The highest BCUT2D eigenvalue weighted by Gasteiger charge is 2.30. The minimum Gasteiger partial charge on any atom is -0.398 e. The molecule has 0 spiro atoms. The van der Waals surface area contributed by atoms with Crippen LogP contribution in [0.25, 0.3) is 0 Å². The maximum atomic E-state index is 13.0. The lowest BCUT2D eigenvalue weighted by Gasteiger charge is -2.42. The Hall–Kier alpha value is -1.62. The lowest BCUT2D eigenvalue weighted by molar-refractivity contribution is 0.0415. The van der Waals surface area contributed by atoms with E-state index in [0.29, 0.717) is 30.7 Å². The molecule has 1 aliphatic rings. The van der Waals surface area contributed by atoms with Gasteiger partial charge in [0.1, 0.15) is 5.82 Å².